The van der Waals surface area contributed by atoms with Gasteiger partial charge in [0.25, 0.3) is 5.22 Å². The van der Waals surface area contributed by atoms with Crippen LogP contribution >= 0.6 is 11.8 Å². The van der Waals surface area contributed by atoms with E-state index in [4.69, 9.17) is 9.15 Å². The fourth-order valence-electron chi connectivity index (χ4n) is 2.26. The molecule has 146 valence electrons. The van der Waals surface area contributed by atoms with Crippen LogP contribution < -0.4 is 10.1 Å². The molecule has 0 aliphatic rings. The van der Waals surface area contributed by atoms with Gasteiger partial charge in [0.2, 0.25) is 11.8 Å². The molecule has 1 N–H and O–H groups in total. The Hall–Kier alpha value is -2.94. The number of thioether (sulfide) groups is 1. The number of nitrogens with zero attached hydrogens (tertiary/aromatic N) is 2. The Morgan fingerprint density at radius 3 is 2.64 bits per heavy atom. The van der Waals surface area contributed by atoms with Crippen LogP contribution in [0.5, 0.6) is 5.75 Å². The number of nitrogens with one attached hydrogen (secondary N) is 1. The Morgan fingerprint density at radius 1 is 1.21 bits per heavy atom. The van der Waals surface area contributed by atoms with E-state index in [9.17, 15) is 13.6 Å². The van der Waals surface area contributed by atoms with E-state index in [1.54, 1.807) is 31.2 Å². The molecule has 1 aromatic heterocycles. The van der Waals surface area contributed by atoms with Crippen molar-refractivity contribution in [3.63, 3.8) is 0 Å². The Bertz CT molecular complexity index is 963. The first-order valence-corrected chi connectivity index (χ1v) is 9.33. The molecule has 0 bridgehead atoms. The van der Waals surface area contributed by atoms with E-state index >= 15 is 0 Å². The van der Waals surface area contributed by atoms with Crippen molar-refractivity contribution in [1.82, 2.24) is 10.2 Å². The summed E-state index contributed by atoms with van der Waals surface area (Å²) in [6.07, 6.45) is 0. The minimum absolute atomic E-state index is 0.0977. The lowest BCUT2D eigenvalue weighted by molar-refractivity contribution is -0.115. The Kier molecular flexibility index (Phi) is 6.25. The van der Waals surface area contributed by atoms with Gasteiger partial charge in [-0.25, -0.2) is 8.78 Å². The average molecular weight is 405 g/mol. The summed E-state index contributed by atoms with van der Waals surface area (Å²) < 4.78 is 37.6. The maximum absolute atomic E-state index is 13.7. The number of halogens is 2. The lowest BCUT2D eigenvalue weighted by Crippen LogP contribution is -2.23. The summed E-state index contributed by atoms with van der Waals surface area (Å²) in [5, 5.41) is 9.86. The Labute approximate surface area is 164 Å². The molecule has 0 fully saturated rings. The van der Waals surface area contributed by atoms with E-state index in [0.29, 0.717) is 24.1 Å². The van der Waals surface area contributed by atoms with E-state index in [1.165, 1.54) is 0 Å². The Morgan fingerprint density at radius 2 is 1.96 bits per heavy atom. The second-order valence-corrected chi connectivity index (χ2v) is 7.00. The van der Waals surface area contributed by atoms with Crippen LogP contribution in [-0.2, 0) is 4.79 Å². The van der Waals surface area contributed by atoms with Crippen molar-refractivity contribution in [1.29, 1.82) is 0 Å². The standard InChI is InChI=1S/C19H17F2N3O3S/c1-3-26-14-7-4-12(5-8-14)18-23-24-19(27-18)28-11(2)17(25)22-16-9-6-13(20)10-15(16)21/h4-11H,3H2,1-2H3,(H,22,25)/t11-/m1/s1. The maximum Gasteiger partial charge on any atom is 0.277 e. The summed E-state index contributed by atoms with van der Waals surface area (Å²) in [5.41, 5.74) is 0.618. The van der Waals surface area contributed by atoms with Crippen LogP contribution in [0.1, 0.15) is 13.8 Å². The molecule has 1 atom stereocenters. The van der Waals surface area contributed by atoms with Crippen LogP contribution in [0.2, 0.25) is 0 Å². The number of carbonyl (C=O) groups is 1. The van der Waals surface area contributed by atoms with Crippen molar-refractivity contribution in [3.8, 4) is 17.2 Å². The molecule has 0 aliphatic carbocycles. The summed E-state index contributed by atoms with van der Waals surface area (Å²) in [6.45, 7) is 4.09. The number of ether oxygens (including phenoxy) is 1. The van der Waals surface area contributed by atoms with Gasteiger partial charge in [0.15, 0.2) is 0 Å². The molecule has 9 heteroatoms. The molecule has 0 unspecified atom stereocenters. The molecular weight excluding hydrogens is 388 g/mol. The number of hydrogen-bond donors (Lipinski definition) is 1. The molecule has 0 saturated heterocycles. The van der Waals surface area contributed by atoms with Crippen molar-refractivity contribution in [2.75, 3.05) is 11.9 Å². The molecule has 3 aromatic rings. The number of hydrogen-bond acceptors (Lipinski definition) is 6. The highest BCUT2D eigenvalue weighted by atomic mass is 32.2. The first-order chi connectivity index (χ1) is 13.5. The predicted octanol–water partition coefficient (Wildman–Crippen LogP) is 4.53. The molecule has 1 amide bonds. The van der Waals surface area contributed by atoms with Crippen molar-refractivity contribution < 1.29 is 22.7 Å². The molecule has 2 aromatic carbocycles. The summed E-state index contributed by atoms with van der Waals surface area (Å²) in [6, 6.07) is 10.1. The molecule has 28 heavy (non-hydrogen) atoms. The van der Waals surface area contributed by atoms with E-state index in [2.05, 4.69) is 15.5 Å². The predicted molar refractivity (Wildman–Crippen MR) is 101 cm³/mol. The van der Waals surface area contributed by atoms with Crippen LogP contribution in [0.15, 0.2) is 52.1 Å². The zero-order valence-electron chi connectivity index (χ0n) is 15.1. The topological polar surface area (TPSA) is 77.2 Å². The van der Waals surface area contributed by atoms with Crippen LogP contribution in [0.25, 0.3) is 11.5 Å². The van der Waals surface area contributed by atoms with Crippen LogP contribution in [-0.4, -0.2) is 28.0 Å². The quantitative estimate of drug-likeness (QED) is 0.582. The van der Waals surface area contributed by atoms with Gasteiger partial charge in [0.1, 0.15) is 17.4 Å². The van der Waals surface area contributed by atoms with E-state index in [1.807, 2.05) is 6.92 Å². The van der Waals surface area contributed by atoms with Gasteiger partial charge in [-0.2, -0.15) is 0 Å². The van der Waals surface area contributed by atoms with Crippen molar-refractivity contribution in [2.24, 2.45) is 0 Å². The lowest BCUT2D eigenvalue weighted by atomic mass is 10.2. The van der Waals surface area contributed by atoms with Gasteiger partial charge in [0.05, 0.1) is 17.5 Å². The summed E-state index contributed by atoms with van der Waals surface area (Å²) in [5.74, 6) is -0.996. The van der Waals surface area contributed by atoms with Crippen molar-refractivity contribution in [2.45, 2.75) is 24.3 Å². The third kappa shape index (κ3) is 4.86. The zero-order chi connectivity index (χ0) is 20.1. The minimum Gasteiger partial charge on any atom is -0.494 e. The van der Waals surface area contributed by atoms with Crippen LogP contribution in [0, 0.1) is 11.6 Å². The molecular formula is C19H17F2N3O3S. The molecule has 1 heterocycles. The maximum atomic E-state index is 13.7. The zero-order valence-corrected chi connectivity index (χ0v) is 15.9. The van der Waals surface area contributed by atoms with Crippen molar-refractivity contribution in [3.05, 3.63) is 54.1 Å². The number of rotatable bonds is 7. The van der Waals surface area contributed by atoms with E-state index in [0.717, 1.165) is 29.6 Å². The fraction of sp³-hybridized carbons (Fsp3) is 0.211. The summed E-state index contributed by atoms with van der Waals surface area (Å²) in [4.78, 5) is 12.2. The van der Waals surface area contributed by atoms with Crippen LogP contribution in [0.4, 0.5) is 14.5 Å². The smallest absolute Gasteiger partial charge is 0.277 e. The summed E-state index contributed by atoms with van der Waals surface area (Å²) >= 11 is 1.03. The SMILES string of the molecule is CCOc1ccc(-c2nnc(S[C@H](C)C(=O)Nc3ccc(F)cc3F)o2)cc1. The van der Waals surface area contributed by atoms with Gasteiger partial charge < -0.3 is 14.5 Å². The van der Waals surface area contributed by atoms with Gasteiger partial charge in [-0.15, -0.1) is 10.2 Å². The number of amides is 1. The fourth-order valence-corrected chi connectivity index (χ4v) is 2.95. The largest absolute Gasteiger partial charge is 0.494 e. The number of anilines is 1. The van der Waals surface area contributed by atoms with E-state index < -0.39 is 22.8 Å². The normalized spacial score (nSPS) is 11.9. The second-order valence-electron chi connectivity index (χ2n) is 5.70. The Balaban J connectivity index is 1.62. The molecule has 0 radical (unpaired) electrons. The highest BCUT2D eigenvalue weighted by Gasteiger charge is 2.20. The number of aromatic nitrogens is 2. The van der Waals surface area contributed by atoms with Gasteiger partial charge in [-0.3, -0.25) is 4.79 Å². The molecule has 0 spiro atoms. The lowest BCUT2D eigenvalue weighted by Gasteiger charge is -2.10. The number of carbonyl (C=O) groups excluding carboxylic acids is 1. The highest BCUT2D eigenvalue weighted by Crippen LogP contribution is 2.28. The van der Waals surface area contributed by atoms with E-state index in [-0.39, 0.29) is 10.9 Å². The van der Waals surface area contributed by atoms with Crippen LogP contribution in [0.3, 0.4) is 0 Å². The monoisotopic (exact) mass is 405 g/mol. The minimum atomic E-state index is -0.846. The van der Waals surface area contributed by atoms with Crippen molar-refractivity contribution >= 4 is 23.4 Å². The third-order valence-corrected chi connectivity index (χ3v) is 4.59. The molecule has 0 aliphatic heterocycles. The average Bonchev–Trinajstić information content (AvgIpc) is 3.13. The molecule has 3 rings (SSSR count). The third-order valence-electron chi connectivity index (χ3n) is 3.65. The van der Waals surface area contributed by atoms with Gasteiger partial charge in [-0.05, 0) is 50.2 Å². The highest BCUT2D eigenvalue weighted by molar-refractivity contribution is 8.00. The summed E-state index contributed by atoms with van der Waals surface area (Å²) in [7, 11) is 0. The first-order valence-electron chi connectivity index (χ1n) is 8.45. The van der Waals surface area contributed by atoms with Gasteiger partial charge in [-0.1, -0.05) is 11.8 Å². The van der Waals surface area contributed by atoms with Gasteiger partial charge in [0, 0.05) is 11.6 Å². The van der Waals surface area contributed by atoms with Gasteiger partial charge >= 0.3 is 0 Å². The molecule has 0 saturated carbocycles. The second kappa shape index (κ2) is 8.83. The number of benzene rings is 2. The first kappa shape index (κ1) is 19.8. The molecule has 6 nitrogen and oxygen atoms in total.